The van der Waals surface area contributed by atoms with E-state index in [0.29, 0.717) is 23.4 Å². The molecule has 21 heavy (non-hydrogen) atoms. The van der Waals surface area contributed by atoms with Gasteiger partial charge < -0.3 is 20.5 Å². The average Bonchev–Trinajstić information content (AvgIpc) is 2.87. The van der Waals surface area contributed by atoms with E-state index >= 15 is 0 Å². The van der Waals surface area contributed by atoms with Crippen LogP contribution in [0.3, 0.4) is 0 Å². The van der Waals surface area contributed by atoms with Gasteiger partial charge in [-0.25, -0.2) is 0 Å². The number of aliphatic hydroxyl groups excluding tert-OH is 1. The first-order chi connectivity index (χ1) is 9.67. The smallest absolute Gasteiger partial charge is 0.191 e. The SMILES string of the molecule is CCNC(=NCC(O)c1ccc(Cl)s1)NCCCOC.I. The molecule has 3 N–H and O–H groups in total. The van der Waals surface area contributed by atoms with Crippen molar-refractivity contribution in [1.82, 2.24) is 10.6 Å². The van der Waals surface area contributed by atoms with Gasteiger partial charge in [-0.15, -0.1) is 35.3 Å². The van der Waals surface area contributed by atoms with Gasteiger partial charge in [0.15, 0.2) is 5.96 Å². The summed E-state index contributed by atoms with van der Waals surface area (Å²) in [6.45, 7) is 4.57. The lowest BCUT2D eigenvalue weighted by Gasteiger charge is -2.12. The van der Waals surface area contributed by atoms with E-state index in [0.717, 1.165) is 24.4 Å². The molecule has 0 saturated heterocycles. The summed E-state index contributed by atoms with van der Waals surface area (Å²) in [5.41, 5.74) is 0. The Morgan fingerprint density at radius 1 is 1.48 bits per heavy atom. The Morgan fingerprint density at radius 2 is 2.24 bits per heavy atom. The standard InChI is InChI=1S/C13H22ClN3O2S.HI/c1-3-15-13(16-7-4-8-19-2)17-9-10(18)11-5-6-12(14)20-11;/h5-6,10,18H,3-4,7-9H2,1-2H3,(H2,15,16,17);1H. The van der Waals surface area contributed by atoms with Crippen molar-refractivity contribution >= 4 is 52.9 Å². The summed E-state index contributed by atoms with van der Waals surface area (Å²) in [7, 11) is 1.68. The van der Waals surface area contributed by atoms with Crippen molar-refractivity contribution in [3.8, 4) is 0 Å². The van der Waals surface area contributed by atoms with Gasteiger partial charge in [-0.3, -0.25) is 4.99 Å². The van der Waals surface area contributed by atoms with Gasteiger partial charge in [0.25, 0.3) is 0 Å². The van der Waals surface area contributed by atoms with E-state index in [4.69, 9.17) is 16.3 Å². The maximum atomic E-state index is 10.0. The van der Waals surface area contributed by atoms with Crippen LogP contribution in [0.1, 0.15) is 24.3 Å². The third-order valence-electron chi connectivity index (χ3n) is 2.51. The summed E-state index contributed by atoms with van der Waals surface area (Å²) in [5, 5.41) is 16.4. The molecule has 0 radical (unpaired) electrons. The van der Waals surface area contributed by atoms with Crippen LogP contribution in [0, 0.1) is 0 Å². The number of methoxy groups -OCH3 is 1. The van der Waals surface area contributed by atoms with Gasteiger partial charge in [-0.05, 0) is 25.5 Å². The number of aliphatic imine (C=N–C) groups is 1. The molecule has 0 aliphatic carbocycles. The number of halogens is 2. The summed E-state index contributed by atoms with van der Waals surface area (Å²) < 4.78 is 5.66. The van der Waals surface area contributed by atoms with Crippen molar-refractivity contribution in [2.75, 3.05) is 33.4 Å². The third-order valence-corrected chi connectivity index (χ3v) is 3.84. The molecule has 1 aromatic heterocycles. The van der Waals surface area contributed by atoms with Crippen LogP contribution < -0.4 is 10.6 Å². The minimum atomic E-state index is -0.623. The normalized spacial score (nSPS) is 12.7. The summed E-state index contributed by atoms with van der Waals surface area (Å²) in [4.78, 5) is 5.19. The molecule has 1 unspecified atom stereocenters. The van der Waals surface area contributed by atoms with Gasteiger partial charge >= 0.3 is 0 Å². The zero-order valence-corrected chi connectivity index (χ0v) is 16.2. The third kappa shape index (κ3) is 8.82. The van der Waals surface area contributed by atoms with Crippen LogP contribution in [0.4, 0.5) is 0 Å². The van der Waals surface area contributed by atoms with Crippen LogP contribution in [0.2, 0.25) is 4.34 Å². The lowest BCUT2D eigenvalue weighted by atomic mass is 10.3. The number of hydrogen-bond acceptors (Lipinski definition) is 4. The molecule has 1 heterocycles. The molecule has 0 amide bonds. The maximum absolute atomic E-state index is 10.0. The number of rotatable bonds is 8. The molecule has 0 bridgehead atoms. The quantitative estimate of drug-likeness (QED) is 0.248. The van der Waals surface area contributed by atoms with Crippen LogP contribution in [0.15, 0.2) is 17.1 Å². The van der Waals surface area contributed by atoms with E-state index in [1.165, 1.54) is 11.3 Å². The van der Waals surface area contributed by atoms with E-state index in [2.05, 4.69) is 15.6 Å². The summed E-state index contributed by atoms with van der Waals surface area (Å²) >= 11 is 7.22. The molecule has 5 nitrogen and oxygen atoms in total. The molecule has 0 aliphatic heterocycles. The average molecular weight is 448 g/mol. The van der Waals surface area contributed by atoms with Gasteiger partial charge in [0, 0.05) is 31.7 Å². The monoisotopic (exact) mass is 447 g/mol. The van der Waals surface area contributed by atoms with Crippen LogP contribution in [0.5, 0.6) is 0 Å². The predicted molar refractivity (Wildman–Crippen MR) is 100 cm³/mol. The fraction of sp³-hybridized carbons (Fsp3) is 0.615. The number of ether oxygens (including phenoxy) is 1. The number of nitrogens with zero attached hydrogens (tertiary/aromatic N) is 1. The van der Waals surface area contributed by atoms with Crippen molar-refractivity contribution in [1.29, 1.82) is 0 Å². The first-order valence-electron chi connectivity index (χ1n) is 6.61. The number of guanidine groups is 1. The highest BCUT2D eigenvalue weighted by molar-refractivity contribution is 14.0. The van der Waals surface area contributed by atoms with Gasteiger partial charge in [0.05, 0.1) is 10.9 Å². The first kappa shape index (κ1) is 20.9. The van der Waals surface area contributed by atoms with Gasteiger partial charge in [0.1, 0.15) is 6.10 Å². The van der Waals surface area contributed by atoms with E-state index in [9.17, 15) is 5.11 Å². The predicted octanol–water partition coefficient (Wildman–Crippen LogP) is 2.64. The minimum absolute atomic E-state index is 0. The van der Waals surface area contributed by atoms with Gasteiger partial charge in [-0.1, -0.05) is 11.6 Å². The number of aliphatic hydroxyl groups is 1. The molecule has 8 heteroatoms. The summed E-state index contributed by atoms with van der Waals surface area (Å²) in [6, 6.07) is 3.61. The Balaban J connectivity index is 0.00000400. The van der Waals surface area contributed by atoms with Gasteiger partial charge in [0.2, 0.25) is 0 Å². The zero-order valence-electron chi connectivity index (χ0n) is 12.3. The minimum Gasteiger partial charge on any atom is -0.386 e. The Morgan fingerprint density at radius 3 is 2.81 bits per heavy atom. The fourth-order valence-corrected chi connectivity index (χ4v) is 2.58. The lowest BCUT2D eigenvalue weighted by Crippen LogP contribution is -2.38. The van der Waals surface area contributed by atoms with Crippen molar-refractivity contribution in [3.05, 3.63) is 21.3 Å². The Labute approximate surface area is 152 Å². The second-order valence-electron chi connectivity index (χ2n) is 4.15. The maximum Gasteiger partial charge on any atom is 0.191 e. The molecule has 1 aromatic rings. The van der Waals surface area contributed by atoms with E-state index in [-0.39, 0.29) is 24.0 Å². The Hall–Kier alpha value is -0.0900. The number of thiophene rings is 1. The first-order valence-corrected chi connectivity index (χ1v) is 7.81. The zero-order chi connectivity index (χ0) is 14.8. The molecule has 122 valence electrons. The molecule has 0 fully saturated rings. The number of nitrogens with one attached hydrogen (secondary N) is 2. The highest BCUT2D eigenvalue weighted by Crippen LogP contribution is 2.26. The topological polar surface area (TPSA) is 65.9 Å². The second kappa shape index (κ2) is 12.5. The van der Waals surface area contributed by atoms with E-state index in [1.54, 1.807) is 13.2 Å². The molecule has 1 atom stereocenters. The van der Waals surface area contributed by atoms with E-state index < -0.39 is 6.10 Å². The van der Waals surface area contributed by atoms with Crippen molar-refractivity contribution in [3.63, 3.8) is 0 Å². The van der Waals surface area contributed by atoms with E-state index in [1.807, 2.05) is 13.0 Å². The highest BCUT2D eigenvalue weighted by atomic mass is 127. The molecule has 0 saturated carbocycles. The largest absolute Gasteiger partial charge is 0.386 e. The Bertz CT molecular complexity index is 418. The van der Waals surface area contributed by atoms with Gasteiger partial charge in [-0.2, -0.15) is 0 Å². The molecule has 0 spiro atoms. The van der Waals surface area contributed by atoms with Crippen molar-refractivity contribution in [2.24, 2.45) is 4.99 Å². The number of hydrogen-bond donors (Lipinski definition) is 3. The van der Waals surface area contributed by atoms with Crippen LogP contribution in [-0.4, -0.2) is 44.4 Å². The van der Waals surface area contributed by atoms with Crippen LogP contribution in [-0.2, 0) is 4.74 Å². The molecule has 0 aromatic carbocycles. The van der Waals surface area contributed by atoms with Crippen LogP contribution >= 0.6 is 46.9 Å². The Kier molecular flexibility index (Phi) is 12.4. The molecule has 0 aliphatic rings. The molecule has 1 rings (SSSR count). The second-order valence-corrected chi connectivity index (χ2v) is 5.90. The lowest BCUT2D eigenvalue weighted by molar-refractivity contribution is 0.190. The van der Waals surface area contributed by atoms with Crippen molar-refractivity contribution < 1.29 is 9.84 Å². The summed E-state index contributed by atoms with van der Waals surface area (Å²) in [6.07, 6.45) is 0.284. The van der Waals surface area contributed by atoms with Crippen molar-refractivity contribution in [2.45, 2.75) is 19.4 Å². The molecular formula is C13H23ClIN3O2S. The summed E-state index contributed by atoms with van der Waals surface area (Å²) in [5.74, 6) is 0.699. The van der Waals surface area contributed by atoms with Crippen LogP contribution in [0.25, 0.3) is 0 Å². The fourth-order valence-electron chi connectivity index (χ4n) is 1.54. The highest BCUT2D eigenvalue weighted by Gasteiger charge is 2.10. The molecular weight excluding hydrogens is 425 g/mol.